The van der Waals surface area contributed by atoms with E-state index in [-0.39, 0.29) is 0 Å². The molecule has 0 amide bonds. The molecule has 0 bridgehead atoms. The van der Waals surface area contributed by atoms with Crippen LogP contribution >= 0.6 is 16.3 Å². The molecule has 0 aromatic heterocycles. The van der Waals surface area contributed by atoms with E-state index in [1.807, 2.05) is 36.4 Å². The Kier molecular flexibility index (Phi) is 7.37. The zero-order valence-electron chi connectivity index (χ0n) is 5.25. The molecule has 50 valence electrons. The van der Waals surface area contributed by atoms with E-state index in [1.54, 1.807) is 7.11 Å². The minimum absolute atomic E-state index is 1.54. The van der Waals surface area contributed by atoms with Gasteiger partial charge in [0.15, 0.2) is 0 Å². The van der Waals surface area contributed by atoms with Gasteiger partial charge in [-0.1, -0.05) is 36.4 Å². The van der Waals surface area contributed by atoms with Crippen molar-refractivity contribution in [2.75, 3.05) is 7.11 Å². The van der Waals surface area contributed by atoms with Crippen LogP contribution in [0.5, 0.6) is 0 Å². The van der Waals surface area contributed by atoms with E-state index >= 15 is 0 Å². The van der Waals surface area contributed by atoms with Gasteiger partial charge in [-0.15, -0.1) is 0 Å². The van der Waals surface area contributed by atoms with Crippen molar-refractivity contribution >= 4 is 16.3 Å². The summed E-state index contributed by atoms with van der Waals surface area (Å²) in [6.07, 6.45) is 0. The molecule has 0 radical (unpaired) electrons. The number of rotatable bonds is 0. The number of hydrogen-bond donors (Lipinski definition) is 0. The number of benzene rings is 1. The first-order valence-electron chi connectivity index (χ1n) is 2.56. The van der Waals surface area contributed by atoms with Gasteiger partial charge in [-0.3, -0.25) is 0 Å². The highest BCUT2D eigenvalue weighted by Crippen LogP contribution is 1.79. The van der Waals surface area contributed by atoms with Crippen molar-refractivity contribution in [2.24, 2.45) is 0 Å². The summed E-state index contributed by atoms with van der Waals surface area (Å²) >= 11 is 2.65. The lowest BCUT2D eigenvalue weighted by Gasteiger charge is -1.69. The van der Waals surface area contributed by atoms with Gasteiger partial charge in [0.05, 0.1) is 23.4 Å². The van der Waals surface area contributed by atoms with Crippen molar-refractivity contribution in [3.8, 4) is 0 Å². The Morgan fingerprint density at radius 1 is 0.889 bits per heavy atom. The smallest absolute Gasteiger partial charge is 0.0984 e. The van der Waals surface area contributed by atoms with Crippen molar-refractivity contribution in [1.82, 2.24) is 0 Å². The second-order valence-electron chi connectivity index (χ2n) is 1.31. The SMILES string of the molecule is COBr.c1ccccc1. The molecule has 1 nitrogen and oxygen atoms in total. The molecule has 9 heavy (non-hydrogen) atoms. The minimum Gasteiger partial charge on any atom is -0.311 e. The van der Waals surface area contributed by atoms with E-state index in [2.05, 4.69) is 20.1 Å². The van der Waals surface area contributed by atoms with Crippen LogP contribution < -0.4 is 0 Å². The van der Waals surface area contributed by atoms with Gasteiger partial charge in [0.25, 0.3) is 0 Å². The lowest BCUT2D eigenvalue weighted by Crippen LogP contribution is -1.47. The second-order valence-corrected chi connectivity index (χ2v) is 1.96. The van der Waals surface area contributed by atoms with Crippen LogP contribution in [0.4, 0.5) is 0 Å². The molecule has 0 aliphatic heterocycles. The third-order valence-electron chi connectivity index (χ3n) is 0.667. The molecule has 0 saturated carbocycles. The van der Waals surface area contributed by atoms with E-state index in [0.29, 0.717) is 0 Å². The molecular formula is C7H9BrO. The summed E-state index contributed by atoms with van der Waals surface area (Å²) in [6, 6.07) is 12.0. The van der Waals surface area contributed by atoms with Crippen molar-refractivity contribution < 1.29 is 3.83 Å². The standard InChI is InChI=1S/C6H6.CH3BrO/c1-2-4-6-5-3-1;1-3-2/h1-6H;1H3. The molecular weight excluding hydrogens is 180 g/mol. The molecule has 0 unspecified atom stereocenters. The highest BCUT2D eigenvalue weighted by Gasteiger charge is 1.57. The maximum Gasteiger partial charge on any atom is 0.0984 e. The van der Waals surface area contributed by atoms with Crippen LogP contribution in [0.2, 0.25) is 0 Å². The Balaban J connectivity index is 0.000000187. The van der Waals surface area contributed by atoms with E-state index < -0.39 is 0 Å². The summed E-state index contributed by atoms with van der Waals surface area (Å²) in [4.78, 5) is 0. The fourth-order valence-electron chi connectivity index (χ4n) is 0.385. The Bertz CT molecular complexity index is 91.8. The van der Waals surface area contributed by atoms with Crippen molar-refractivity contribution in [2.45, 2.75) is 0 Å². The first kappa shape index (κ1) is 8.66. The highest BCUT2D eigenvalue weighted by molar-refractivity contribution is 9.06. The molecule has 0 fully saturated rings. The van der Waals surface area contributed by atoms with Crippen LogP contribution in [-0.2, 0) is 3.83 Å². The van der Waals surface area contributed by atoms with Crippen LogP contribution in [0.15, 0.2) is 36.4 Å². The third kappa shape index (κ3) is 7.66. The molecule has 1 rings (SSSR count). The topological polar surface area (TPSA) is 9.23 Å². The lowest BCUT2D eigenvalue weighted by molar-refractivity contribution is 0.519. The van der Waals surface area contributed by atoms with Gasteiger partial charge in [-0.25, -0.2) is 0 Å². The molecule has 1 aromatic rings. The van der Waals surface area contributed by atoms with Crippen molar-refractivity contribution in [3.63, 3.8) is 0 Å². The Hall–Kier alpha value is -0.340. The second kappa shape index (κ2) is 7.66. The molecule has 0 aliphatic rings. The maximum absolute atomic E-state index is 4.06. The van der Waals surface area contributed by atoms with Crippen LogP contribution in [-0.4, -0.2) is 7.11 Å². The van der Waals surface area contributed by atoms with Gasteiger partial charge in [-0.05, 0) is 0 Å². The molecule has 0 spiro atoms. The molecule has 1 aromatic carbocycles. The highest BCUT2D eigenvalue weighted by atomic mass is 79.9. The maximum atomic E-state index is 4.06. The molecule has 0 aliphatic carbocycles. The quantitative estimate of drug-likeness (QED) is 0.609. The first-order chi connectivity index (χ1) is 4.41. The minimum atomic E-state index is 1.54. The first-order valence-corrected chi connectivity index (χ1v) is 3.21. The average Bonchev–Trinajstić information content (AvgIpc) is 1.93. The summed E-state index contributed by atoms with van der Waals surface area (Å²) in [6.45, 7) is 0. The normalized spacial score (nSPS) is 7.33. The van der Waals surface area contributed by atoms with Gasteiger partial charge in [0.2, 0.25) is 0 Å². The predicted molar refractivity (Wildman–Crippen MR) is 42.4 cm³/mol. The van der Waals surface area contributed by atoms with Crippen LogP contribution in [0, 0.1) is 0 Å². The molecule has 0 saturated heterocycles. The number of halogens is 1. The monoisotopic (exact) mass is 188 g/mol. The van der Waals surface area contributed by atoms with Gasteiger partial charge >= 0.3 is 0 Å². The van der Waals surface area contributed by atoms with Gasteiger partial charge in [0, 0.05) is 0 Å². The van der Waals surface area contributed by atoms with Gasteiger partial charge in [-0.2, -0.15) is 0 Å². The Morgan fingerprint density at radius 2 is 1.00 bits per heavy atom. The number of hydrogen-bond acceptors (Lipinski definition) is 1. The van der Waals surface area contributed by atoms with Gasteiger partial charge in [0.1, 0.15) is 0 Å². The summed E-state index contributed by atoms with van der Waals surface area (Å²) in [5.41, 5.74) is 0. The van der Waals surface area contributed by atoms with Crippen LogP contribution in [0.25, 0.3) is 0 Å². The molecule has 0 N–H and O–H groups in total. The fourth-order valence-corrected chi connectivity index (χ4v) is 0.385. The largest absolute Gasteiger partial charge is 0.311 e. The third-order valence-corrected chi connectivity index (χ3v) is 0.667. The summed E-state index contributed by atoms with van der Waals surface area (Å²) < 4.78 is 4.06. The fraction of sp³-hybridized carbons (Fsp3) is 0.143. The van der Waals surface area contributed by atoms with Crippen molar-refractivity contribution in [1.29, 1.82) is 0 Å². The summed E-state index contributed by atoms with van der Waals surface area (Å²) in [7, 11) is 1.54. The Labute approximate surface area is 64.1 Å². The van der Waals surface area contributed by atoms with Crippen LogP contribution in [0.1, 0.15) is 0 Å². The zero-order chi connectivity index (χ0) is 6.95. The average molecular weight is 189 g/mol. The molecule has 0 heterocycles. The molecule has 0 atom stereocenters. The summed E-state index contributed by atoms with van der Waals surface area (Å²) in [5, 5.41) is 0. The van der Waals surface area contributed by atoms with E-state index in [9.17, 15) is 0 Å². The lowest BCUT2D eigenvalue weighted by atomic mass is 10.4. The van der Waals surface area contributed by atoms with Crippen LogP contribution in [0.3, 0.4) is 0 Å². The predicted octanol–water partition coefficient (Wildman–Crippen LogP) is 2.63. The summed E-state index contributed by atoms with van der Waals surface area (Å²) in [5.74, 6) is 0. The van der Waals surface area contributed by atoms with E-state index in [1.165, 1.54) is 0 Å². The zero-order valence-corrected chi connectivity index (χ0v) is 6.84. The molecule has 2 heteroatoms. The van der Waals surface area contributed by atoms with E-state index in [0.717, 1.165) is 0 Å². The van der Waals surface area contributed by atoms with Crippen molar-refractivity contribution in [3.05, 3.63) is 36.4 Å². The van der Waals surface area contributed by atoms with Gasteiger partial charge < -0.3 is 3.83 Å². The Morgan fingerprint density at radius 3 is 1.11 bits per heavy atom. The van der Waals surface area contributed by atoms with E-state index in [4.69, 9.17) is 0 Å².